The van der Waals surface area contributed by atoms with E-state index in [-0.39, 0.29) is 11.2 Å². The van der Waals surface area contributed by atoms with Gasteiger partial charge in [0.2, 0.25) is 15.9 Å². The highest BCUT2D eigenvalue weighted by atomic mass is 35.5. The Morgan fingerprint density at radius 2 is 1.95 bits per heavy atom. The predicted molar refractivity (Wildman–Crippen MR) is 142 cm³/mol. The van der Waals surface area contributed by atoms with Crippen LogP contribution in [0.3, 0.4) is 0 Å². The first kappa shape index (κ1) is 24.4. The molecule has 4 heterocycles. The highest BCUT2D eigenvalue weighted by molar-refractivity contribution is 7.90. The quantitative estimate of drug-likeness (QED) is 0.417. The van der Waals surface area contributed by atoms with Crippen molar-refractivity contribution in [1.82, 2.24) is 13.9 Å². The summed E-state index contributed by atoms with van der Waals surface area (Å²) in [7, 11) is -3.27. The van der Waals surface area contributed by atoms with Crippen LogP contribution in [0.5, 0.6) is 0 Å². The molecule has 1 saturated heterocycles. The van der Waals surface area contributed by atoms with E-state index in [4.69, 9.17) is 16.9 Å². The van der Waals surface area contributed by atoms with E-state index in [2.05, 4.69) is 21.7 Å². The van der Waals surface area contributed by atoms with E-state index in [1.165, 1.54) is 0 Å². The van der Waals surface area contributed by atoms with Crippen molar-refractivity contribution >= 4 is 44.1 Å². The number of anilines is 1. The Morgan fingerprint density at radius 3 is 2.68 bits per heavy atom. The fourth-order valence-electron chi connectivity index (χ4n) is 6.00. The van der Waals surface area contributed by atoms with Crippen molar-refractivity contribution in [2.24, 2.45) is 0 Å². The molecule has 3 aliphatic rings. The van der Waals surface area contributed by atoms with Crippen LogP contribution in [0.25, 0.3) is 10.9 Å². The van der Waals surface area contributed by atoms with Crippen LogP contribution in [-0.4, -0.2) is 46.5 Å². The molecule has 10 heteroatoms. The molecule has 0 radical (unpaired) electrons. The number of fused-ring (bicyclic) bond motifs is 3. The number of aryl methyl sites for hydroxylation is 1. The molecular formula is C27H28ClN5O3S. The zero-order valence-corrected chi connectivity index (χ0v) is 22.0. The third kappa shape index (κ3) is 4.02. The number of nitriles is 1. The van der Waals surface area contributed by atoms with Gasteiger partial charge in [0.1, 0.15) is 0 Å². The van der Waals surface area contributed by atoms with Crippen LogP contribution in [0, 0.1) is 11.3 Å². The minimum Gasteiger partial charge on any atom is -0.343 e. The maximum Gasteiger partial charge on any atom is 0.238 e. The fraction of sp³-hybridized carbons (Fsp3) is 0.444. The summed E-state index contributed by atoms with van der Waals surface area (Å²) in [6.45, 7) is 1.73. The first-order chi connectivity index (χ1) is 17.8. The van der Waals surface area contributed by atoms with E-state index in [0.29, 0.717) is 56.9 Å². The summed E-state index contributed by atoms with van der Waals surface area (Å²) in [6.07, 6.45) is 7.01. The van der Waals surface area contributed by atoms with Crippen LogP contribution >= 0.6 is 11.6 Å². The molecule has 0 unspecified atom stereocenters. The standard InChI is InChI=1S/C27H28ClN5O3S/c28-20-3-6-24-19(15-20)16-21(32(24)12-2-1-10-29)18-33-25-17-30-11-7-23(25)27(26(33)34)8-13-31(14-9-27)37(35,36)22-4-5-22/h3,6-7,11,15-17,22H,1-2,4-5,8-9,12-14,18H2. The maximum atomic E-state index is 14.1. The molecule has 1 saturated carbocycles. The van der Waals surface area contributed by atoms with Gasteiger partial charge in [-0.05, 0) is 68.0 Å². The Kier molecular flexibility index (Phi) is 6.02. The molecule has 3 aromatic rings. The number of carbonyl (C=O) groups excluding carboxylic acids is 1. The minimum atomic E-state index is -3.27. The molecule has 1 amide bonds. The topological polar surface area (TPSA) is 99.3 Å². The zero-order valence-electron chi connectivity index (χ0n) is 20.4. The lowest BCUT2D eigenvalue weighted by Crippen LogP contribution is -2.50. The van der Waals surface area contributed by atoms with Crippen molar-refractivity contribution in [1.29, 1.82) is 5.26 Å². The summed E-state index contributed by atoms with van der Waals surface area (Å²) >= 11 is 6.26. The SMILES string of the molecule is N#CCCCn1c(CN2C(=O)C3(CCN(S(=O)(=O)C4CC4)CC3)c3ccncc32)cc2cc(Cl)ccc21. The van der Waals surface area contributed by atoms with Crippen molar-refractivity contribution in [3.8, 4) is 6.07 Å². The van der Waals surface area contributed by atoms with Crippen molar-refractivity contribution in [3.63, 3.8) is 0 Å². The monoisotopic (exact) mass is 537 g/mol. The van der Waals surface area contributed by atoms with E-state index in [9.17, 15) is 13.2 Å². The number of amides is 1. The summed E-state index contributed by atoms with van der Waals surface area (Å²) in [5.74, 6) is 0.00540. The molecule has 6 rings (SSSR count). The van der Waals surface area contributed by atoms with Gasteiger partial charge >= 0.3 is 0 Å². The molecule has 0 bridgehead atoms. The molecule has 2 aromatic heterocycles. The second-order valence-electron chi connectivity index (χ2n) is 10.3. The lowest BCUT2D eigenvalue weighted by atomic mass is 9.74. The fourth-order valence-corrected chi connectivity index (χ4v) is 8.03. The smallest absolute Gasteiger partial charge is 0.238 e. The van der Waals surface area contributed by atoms with Crippen LogP contribution in [-0.2, 0) is 33.3 Å². The van der Waals surface area contributed by atoms with Gasteiger partial charge in [0.25, 0.3) is 0 Å². The minimum absolute atomic E-state index is 0.00540. The number of benzene rings is 1. The normalized spacial score (nSPS) is 19.5. The van der Waals surface area contributed by atoms with Gasteiger partial charge in [-0.3, -0.25) is 9.78 Å². The molecule has 8 nitrogen and oxygen atoms in total. The lowest BCUT2D eigenvalue weighted by molar-refractivity contribution is -0.124. The number of halogens is 1. The Morgan fingerprint density at radius 1 is 1.16 bits per heavy atom. The van der Waals surface area contributed by atoms with E-state index in [1.807, 2.05) is 29.2 Å². The number of sulfonamides is 1. The Labute approximate surface area is 221 Å². The molecule has 0 N–H and O–H groups in total. The molecule has 37 heavy (non-hydrogen) atoms. The van der Waals surface area contributed by atoms with Crippen LogP contribution in [0.1, 0.15) is 49.8 Å². The molecule has 192 valence electrons. The number of nitrogens with zero attached hydrogens (tertiary/aromatic N) is 5. The highest BCUT2D eigenvalue weighted by Gasteiger charge is 2.54. The van der Waals surface area contributed by atoms with Gasteiger partial charge in [0.05, 0.1) is 35.2 Å². The van der Waals surface area contributed by atoms with Crippen molar-refractivity contribution in [2.75, 3.05) is 18.0 Å². The zero-order chi connectivity index (χ0) is 25.8. The summed E-state index contributed by atoms with van der Waals surface area (Å²) in [6, 6.07) is 11.9. The first-order valence-corrected chi connectivity index (χ1v) is 14.6. The summed E-state index contributed by atoms with van der Waals surface area (Å²) in [5, 5.41) is 10.4. The average molecular weight is 538 g/mol. The number of unbranched alkanes of at least 4 members (excludes halogenated alkanes) is 1. The van der Waals surface area contributed by atoms with Crippen molar-refractivity contribution in [2.45, 2.75) is 62.3 Å². The maximum absolute atomic E-state index is 14.1. The van der Waals surface area contributed by atoms with Crippen molar-refractivity contribution < 1.29 is 13.2 Å². The van der Waals surface area contributed by atoms with Gasteiger partial charge in [0, 0.05) is 53.9 Å². The first-order valence-electron chi connectivity index (χ1n) is 12.8. The van der Waals surface area contributed by atoms with Gasteiger partial charge in [-0.15, -0.1) is 0 Å². The number of piperidine rings is 1. The van der Waals surface area contributed by atoms with E-state index >= 15 is 0 Å². The molecular weight excluding hydrogens is 510 g/mol. The van der Waals surface area contributed by atoms with E-state index in [1.54, 1.807) is 16.7 Å². The number of hydrogen-bond donors (Lipinski definition) is 0. The van der Waals surface area contributed by atoms with Crippen LogP contribution in [0.15, 0.2) is 42.7 Å². The Balaban J connectivity index is 1.33. The highest BCUT2D eigenvalue weighted by Crippen LogP contribution is 2.49. The summed E-state index contributed by atoms with van der Waals surface area (Å²) in [5.41, 5.74) is 2.96. The Bertz CT molecular complexity index is 1530. The number of pyridine rings is 1. The largest absolute Gasteiger partial charge is 0.343 e. The van der Waals surface area contributed by atoms with Crippen LogP contribution in [0.4, 0.5) is 5.69 Å². The number of hydrogen-bond acceptors (Lipinski definition) is 5. The van der Waals surface area contributed by atoms with Gasteiger partial charge in [-0.1, -0.05) is 11.6 Å². The second-order valence-corrected chi connectivity index (χ2v) is 12.9. The Hall–Kier alpha value is -2.93. The van der Waals surface area contributed by atoms with Gasteiger partial charge in [-0.25, -0.2) is 12.7 Å². The third-order valence-corrected chi connectivity index (χ3v) is 10.7. The second kappa shape index (κ2) is 9.12. The molecule has 1 spiro atoms. The predicted octanol–water partition coefficient (Wildman–Crippen LogP) is 4.37. The average Bonchev–Trinajstić information content (AvgIpc) is 3.68. The molecule has 0 atom stereocenters. The molecule has 2 fully saturated rings. The van der Waals surface area contributed by atoms with Crippen LogP contribution in [0.2, 0.25) is 5.02 Å². The summed E-state index contributed by atoms with van der Waals surface area (Å²) in [4.78, 5) is 20.3. The number of rotatable bonds is 7. The van der Waals surface area contributed by atoms with Crippen LogP contribution < -0.4 is 4.90 Å². The van der Waals surface area contributed by atoms with E-state index in [0.717, 1.165) is 40.7 Å². The van der Waals surface area contributed by atoms with Gasteiger partial charge in [0.15, 0.2) is 0 Å². The number of carbonyl (C=O) groups is 1. The van der Waals surface area contributed by atoms with Gasteiger partial charge < -0.3 is 9.47 Å². The molecule has 1 aliphatic carbocycles. The molecule has 1 aromatic carbocycles. The lowest BCUT2D eigenvalue weighted by Gasteiger charge is -2.38. The van der Waals surface area contributed by atoms with E-state index < -0.39 is 15.4 Å². The summed E-state index contributed by atoms with van der Waals surface area (Å²) < 4.78 is 29.4. The molecule has 2 aliphatic heterocycles. The van der Waals surface area contributed by atoms with Gasteiger partial charge in [-0.2, -0.15) is 5.26 Å². The third-order valence-electron chi connectivity index (χ3n) is 8.08. The van der Waals surface area contributed by atoms with Crippen molar-refractivity contribution in [3.05, 3.63) is 59.0 Å². The number of aromatic nitrogens is 2.